The molecule has 1 rings (SSSR count). The first-order chi connectivity index (χ1) is 7.70. The molecule has 0 heterocycles. The van der Waals surface area contributed by atoms with Crippen molar-refractivity contribution in [3.63, 3.8) is 0 Å². The molecule has 4 nitrogen and oxygen atoms in total. The second-order valence-corrected chi connectivity index (χ2v) is 3.32. The average molecular weight is 221 g/mol. The number of benzene rings is 1. The highest BCUT2D eigenvalue weighted by molar-refractivity contribution is 5.84. The third-order valence-corrected chi connectivity index (χ3v) is 2.01. The summed E-state index contributed by atoms with van der Waals surface area (Å²) in [5.74, 6) is -1.11. The van der Waals surface area contributed by atoms with Gasteiger partial charge < -0.3 is 5.11 Å². The lowest BCUT2D eigenvalue weighted by Crippen LogP contribution is -2.20. The van der Waals surface area contributed by atoms with Crippen LogP contribution in [-0.4, -0.2) is 17.7 Å². The first-order valence-corrected chi connectivity index (χ1v) is 5.04. The molecule has 0 spiro atoms. The molecule has 1 aromatic rings. The molecule has 4 heteroatoms. The molecule has 0 fully saturated rings. The van der Waals surface area contributed by atoms with Crippen LogP contribution in [-0.2, 0) is 16.1 Å². The number of carbonyl (C=O) groups is 1. The summed E-state index contributed by atoms with van der Waals surface area (Å²) in [5, 5.41) is 8.47. The molecular weight excluding hydrogens is 206 g/mol. The minimum Gasteiger partial charge on any atom is -0.477 e. The van der Waals surface area contributed by atoms with E-state index in [4.69, 9.17) is 9.94 Å². The minimum atomic E-state index is -1.11. The van der Waals surface area contributed by atoms with Crippen molar-refractivity contribution in [1.82, 2.24) is 5.48 Å². The Kier molecular flexibility index (Phi) is 5.08. The number of carboxylic acid groups (broad SMARTS) is 1. The largest absolute Gasteiger partial charge is 0.477 e. The van der Waals surface area contributed by atoms with Gasteiger partial charge in [-0.1, -0.05) is 36.9 Å². The second-order valence-electron chi connectivity index (χ2n) is 3.32. The maximum absolute atomic E-state index is 10.3. The highest BCUT2D eigenvalue weighted by Gasteiger charge is 2.01. The van der Waals surface area contributed by atoms with E-state index in [0.717, 1.165) is 12.8 Å². The summed E-state index contributed by atoms with van der Waals surface area (Å²) in [6, 6.07) is 10.0. The Bertz CT molecular complexity index is 349. The highest BCUT2D eigenvalue weighted by atomic mass is 16.6. The van der Waals surface area contributed by atoms with Crippen LogP contribution in [0.5, 0.6) is 0 Å². The van der Waals surface area contributed by atoms with Crippen molar-refractivity contribution in [3.8, 4) is 0 Å². The molecule has 0 aromatic heterocycles. The molecule has 1 aromatic carbocycles. The van der Waals surface area contributed by atoms with Gasteiger partial charge in [0.15, 0.2) is 0 Å². The molecule has 0 unspecified atom stereocenters. The zero-order chi connectivity index (χ0) is 11.8. The van der Waals surface area contributed by atoms with Crippen molar-refractivity contribution >= 4 is 5.97 Å². The van der Waals surface area contributed by atoms with Gasteiger partial charge in [-0.25, -0.2) is 4.79 Å². The molecule has 0 bridgehead atoms. The van der Waals surface area contributed by atoms with E-state index in [1.165, 1.54) is 5.56 Å². The monoisotopic (exact) mass is 221 g/mol. The predicted molar refractivity (Wildman–Crippen MR) is 60.6 cm³/mol. The van der Waals surface area contributed by atoms with Gasteiger partial charge in [0.25, 0.3) is 0 Å². The Balaban J connectivity index is 2.09. The number of hydrogen-bond acceptors (Lipinski definition) is 3. The van der Waals surface area contributed by atoms with Gasteiger partial charge in [0.2, 0.25) is 0 Å². The van der Waals surface area contributed by atoms with Crippen molar-refractivity contribution in [2.75, 3.05) is 6.61 Å². The van der Waals surface area contributed by atoms with Gasteiger partial charge in [-0.2, -0.15) is 0 Å². The van der Waals surface area contributed by atoms with E-state index in [1.54, 1.807) is 0 Å². The standard InChI is InChI=1S/C12H15NO3/c1-10(12(14)15)13-16-9-5-8-11-6-3-2-4-7-11/h2-4,6-7,13H,1,5,8-9H2,(H,14,15). The third kappa shape index (κ3) is 4.61. The molecular formula is C12H15NO3. The van der Waals surface area contributed by atoms with Gasteiger partial charge in [-0.15, -0.1) is 0 Å². The summed E-state index contributed by atoms with van der Waals surface area (Å²) in [4.78, 5) is 15.3. The van der Waals surface area contributed by atoms with Crippen molar-refractivity contribution in [1.29, 1.82) is 0 Å². The maximum Gasteiger partial charge on any atom is 0.353 e. The van der Waals surface area contributed by atoms with Crippen LogP contribution in [0.4, 0.5) is 0 Å². The highest BCUT2D eigenvalue weighted by Crippen LogP contribution is 2.01. The summed E-state index contributed by atoms with van der Waals surface area (Å²) < 4.78 is 0. The van der Waals surface area contributed by atoms with E-state index in [2.05, 4.69) is 12.1 Å². The zero-order valence-electron chi connectivity index (χ0n) is 8.98. The Hall–Kier alpha value is -1.81. The number of hydroxylamine groups is 1. The molecule has 16 heavy (non-hydrogen) atoms. The normalized spacial score (nSPS) is 9.75. The van der Waals surface area contributed by atoms with Crippen LogP contribution in [0.2, 0.25) is 0 Å². The third-order valence-electron chi connectivity index (χ3n) is 2.01. The molecule has 0 aliphatic carbocycles. The van der Waals surface area contributed by atoms with Crippen LogP contribution >= 0.6 is 0 Å². The van der Waals surface area contributed by atoms with E-state index in [1.807, 2.05) is 30.3 Å². The van der Waals surface area contributed by atoms with Crippen molar-refractivity contribution in [3.05, 3.63) is 48.2 Å². The van der Waals surface area contributed by atoms with Crippen molar-refractivity contribution < 1.29 is 14.7 Å². The zero-order valence-corrected chi connectivity index (χ0v) is 8.98. The fourth-order valence-corrected chi connectivity index (χ4v) is 1.17. The fourth-order valence-electron chi connectivity index (χ4n) is 1.17. The first-order valence-electron chi connectivity index (χ1n) is 5.04. The van der Waals surface area contributed by atoms with Gasteiger partial charge >= 0.3 is 5.97 Å². The molecule has 0 radical (unpaired) electrons. The van der Waals surface area contributed by atoms with Gasteiger partial charge in [-0.3, -0.25) is 10.3 Å². The summed E-state index contributed by atoms with van der Waals surface area (Å²) >= 11 is 0. The van der Waals surface area contributed by atoms with Crippen molar-refractivity contribution in [2.45, 2.75) is 12.8 Å². The molecule has 0 saturated heterocycles. The Morgan fingerprint density at radius 2 is 2.06 bits per heavy atom. The Morgan fingerprint density at radius 3 is 2.69 bits per heavy atom. The van der Waals surface area contributed by atoms with Crippen molar-refractivity contribution in [2.24, 2.45) is 0 Å². The molecule has 0 aliphatic rings. The maximum atomic E-state index is 10.3. The minimum absolute atomic E-state index is 0.153. The number of nitrogens with one attached hydrogen (secondary N) is 1. The summed E-state index contributed by atoms with van der Waals surface area (Å²) in [7, 11) is 0. The van der Waals surface area contributed by atoms with Crippen LogP contribution in [0.3, 0.4) is 0 Å². The second kappa shape index (κ2) is 6.63. The lowest BCUT2D eigenvalue weighted by Gasteiger charge is -2.06. The van der Waals surface area contributed by atoms with Gasteiger partial charge in [0.1, 0.15) is 5.70 Å². The van der Waals surface area contributed by atoms with E-state index >= 15 is 0 Å². The van der Waals surface area contributed by atoms with E-state index in [9.17, 15) is 4.79 Å². The molecule has 2 N–H and O–H groups in total. The molecule has 0 amide bonds. The average Bonchev–Trinajstić information content (AvgIpc) is 2.29. The molecule has 0 saturated carbocycles. The topological polar surface area (TPSA) is 58.6 Å². The van der Waals surface area contributed by atoms with E-state index < -0.39 is 5.97 Å². The number of rotatable bonds is 7. The fraction of sp³-hybridized carbons (Fsp3) is 0.250. The number of carboxylic acids is 1. The predicted octanol–water partition coefficient (Wildman–Crippen LogP) is 1.74. The summed E-state index contributed by atoms with van der Waals surface area (Å²) in [5.41, 5.74) is 3.36. The number of aryl methyl sites for hydroxylation is 1. The lowest BCUT2D eigenvalue weighted by molar-refractivity contribution is -0.134. The van der Waals surface area contributed by atoms with Gasteiger partial charge in [0, 0.05) is 0 Å². The Labute approximate surface area is 94.5 Å². The molecule has 86 valence electrons. The van der Waals surface area contributed by atoms with Crippen LogP contribution in [0.1, 0.15) is 12.0 Å². The van der Waals surface area contributed by atoms with Crippen LogP contribution in [0.15, 0.2) is 42.6 Å². The van der Waals surface area contributed by atoms with Gasteiger partial charge in [0.05, 0.1) is 6.61 Å². The van der Waals surface area contributed by atoms with Crippen LogP contribution in [0.25, 0.3) is 0 Å². The first kappa shape index (κ1) is 12.3. The lowest BCUT2D eigenvalue weighted by atomic mass is 10.1. The number of aliphatic carboxylic acids is 1. The number of hydrogen-bond donors (Lipinski definition) is 2. The Morgan fingerprint density at radius 1 is 1.38 bits per heavy atom. The van der Waals surface area contributed by atoms with Gasteiger partial charge in [-0.05, 0) is 18.4 Å². The molecule has 0 aliphatic heterocycles. The SMILES string of the molecule is C=C(NOCCCc1ccccc1)C(=O)O. The quantitative estimate of drug-likeness (QED) is 0.418. The smallest absolute Gasteiger partial charge is 0.353 e. The van der Waals surface area contributed by atoms with E-state index in [-0.39, 0.29) is 5.70 Å². The van der Waals surface area contributed by atoms with Crippen LogP contribution < -0.4 is 5.48 Å². The summed E-state index contributed by atoms with van der Waals surface area (Å²) in [6.45, 7) is 3.72. The summed E-state index contributed by atoms with van der Waals surface area (Å²) in [6.07, 6.45) is 1.73. The molecule has 0 atom stereocenters. The van der Waals surface area contributed by atoms with Crippen LogP contribution in [0, 0.1) is 0 Å². The van der Waals surface area contributed by atoms with E-state index in [0.29, 0.717) is 6.61 Å².